The molecule has 18 heavy (non-hydrogen) atoms. The van der Waals surface area contributed by atoms with Crippen LogP contribution in [0.5, 0.6) is 0 Å². The van der Waals surface area contributed by atoms with E-state index < -0.39 is 17.5 Å². The SMILES string of the molecule is CCCCC(C(N)=O)(c1ccccc1)C(F)(F)F. The molecule has 1 amide bonds. The van der Waals surface area contributed by atoms with Gasteiger partial charge in [0.15, 0.2) is 5.41 Å². The number of carbonyl (C=O) groups is 1. The van der Waals surface area contributed by atoms with Crippen LogP contribution in [-0.4, -0.2) is 12.1 Å². The second kappa shape index (κ2) is 5.42. The summed E-state index contributed by atoms with van der Waals surface area (Å²) in [5, 5.41) is 0. The summed E-state index contributed by atoms with van der Waals surface area (Å²) >= 11 is 0. The zero-order valence-corrected chi connectivity index (χ0v) is 10.1. The second-order valence-corrected chi connectivity index (χ2v) is 4.24. The molecule has 0 aliphatic heterocycles. The maximum atomic E-state index is 13.3. The van der Waals surface area contributed by atoms with E-state index in [1.165, 1.54) is 24.3 Å². The summed E-state index contributed by atoms with van der Waals surface area (Å²) in [7, 11) is 0. The van der Waals surface area contributed by atoms with E-state index in [2.05, 4.69) is 0 Å². The highest BCUT2D eigenvalue weighted by atomic mass is 19.4. The van der Waals surface area contributed by atoms with Crippen LogP contribution in [0.2, 0.25) is 0 Å². The van der Waals surface area contributed by atoms with E-state index in [0.29, 0.717) is 6.42 Å². The number of hydrogen-bond donors (Lipinski definition) is 1. The van der Waals surface area contributed by atoms with Crippen LogP contribution < -0.4 is 5.73 Å². The average molecular weight is 259 g/mol. The van der Waals surface area contributed by atoms with Gasteiger partial charge in [0.05, 0.1) is 0 Å². The molecule has 0 spiro atoms. The van der Waals surface area contributed by atoms with Gasteiger partial charge in [0.1, 0.15) is 0 Å². The van der Waals surface area contributed by atoms with Gasteiger partial charge in [0, 0.05) is 0 Å². The average Bonchev–Trinajstić information content (AvgIpc) is 2.29. The highest BCUT2D eigenvalue weighted by Gasteiger charge is 2.59. The molecule has 1 unspecified atom stereocenters. The number of unbranched alkanes of at least 4 members (excludes halogenated alkanes) is 1. The summed E-state index contributed by atoms with van der Waals surface area (Å²) in [6, 6.07) is 7.16. The van der Waals surface area contributed by atoms with Gasteiger partial charge in [-0.15, -0.1) is 0 Å². The van der Waals surface area contributed by atoms with Crippen LogP contribution in [0.15, 0.2) is 30.3 Å². The second-order valence-electron chi connectivity index (χ2n) is 4.24. The summed E-state index contributed by atoms with van der Waals surface area (Å²) in [5.74, 6) is -1.34. The molecule has 0 aliphatic carbocycles. The van der Waals surface area contributed by atoms with Gasteiger partial charge in [0.25, 0.3) is 0 Å². The monoisotopic (exact) mass is 259 g/mol. The molecule has 100 valence electrons. The maximum Gasteiger partial charge on any atom is 0.407 e. The highest BCUT2D eigenvalue weighted by Crippen LogP contribution is 2.44. The third-order valence-electron chi connectivity index (χ3n) is 3.08. The molecule has 0 fully saturated rings. The smallest absolute Gasteiger partial charge is 0.369 e. The van der Waals surface area contributed by atoms with Gasteiger partial charge in [-0.25, -0.2) is 0 Å². The zero-order valence-electron chi connectivity index (χ0n) is 10.1. The maximum absolute atomic E-state index is 13.3. The first kappa shape index (κ1) is 14.5. The number of halogens is 3. The van der Waals surface area contributed by atoms with Crippen molar-refractivity contribution in [1.82, 2.24) is 0 Å². The van der Waals surface area contributed by atoms with Gasteiger partial charge in [-0.2, -0.15) is 13.2 Å². The first-order valence-electron chi connectivity index (χ1n) is 5.78. The lowest BCUT2D eigenvalue weighted by molar-refractivity contribution is -0.195. The molecule has 0 aromatic heterocycles. The Hall–Kier alpha value is -1.52. The molecule has 5 heteroatoms. The van der Waals surface area contributed by atoms with Crippen molar-refractivity contribution in [2.75, 3.05) is 0 Å². The molecule has 2 N–H and O–H groups in total. The minimum Gasteiger partial charge on any atom is -0.369 e. The molecule has 0 saturated carbocycles. The summed E-state index contributed by atoms with van der Waals surface area (Å²) in [6.07, 6.45) is -4.14. The molecule has 1 rings (SSSR count). The Morgan fingerprint density at radius 2 is 1.78 bits per heavy atom. The number of hydrogen-bond acceptors (Lipinski definition) is 1. The number of primary amides is 1. The van der Waals surface area contributed by atoms with Gasteiger partial charge < -0.3 is 5.73 Å². The Kier molecular flexibility index (Phi) is 4.38. The summed E-state index contributed by atoms with van der Waals surface area (Å²) in [6.45, 7) is 1.77. The molecule has 0 bridgehead atoms. The van der Waals surface area contributed by atoms with E-state index in [4.69, 9.17) is 5.73 Å². The first-order chi connectivity index (χ1) is 8.36. The van der Waals surface area contributed by atoms with E-state index in [-0.39, 0.29) is 18.4 Å². The fourth-order valence-corrected chi connectivity index (χ4v) is 2.02. The van der Waals surface area contributed by atoms with E-state index in [9.17, 15) is 18.0 Å². The van der Waals surface area contributed by atoms with Crippen LogP contribution in [0.3, 0.4) is 0 Å². The molecule has 1 atom stereocenters. The fraction of sp³-hybridized carbons (Fsp3) is 0.462. The largest absolute Gasteiger partial charge is 0.407 e. The van der Waals surface area contributed by atoms with Crippen LogP contribution >= 0.6 is 0 Å². The normalized spacial score (nSPS) is 15.1. The van der Waals surface area contributed by atoms with E-state index in [0.717, 1.165) is 0 Å². The first-order valence-corrected chi connectivity index (χ1v) is 5.78. The molecule has 0 aliphatic rings. The van der Waals surface area contributed by atoms with E-state index in [1.807, 2.05) is 0 Å². The molecular weight excluding hydrogens is 243 g/mol. The molecule has 1 aromatic carbocycles. The predicted molar refractivity (Wildman–Crippen MR) is 62.9 cm³/mol. The predicted octanol–water partition coefficient (Wildman–Crippen LogP) is 3.16. The number of alkyl halides is 3. The lowest BCUT2D eigenvalue weighted by Crippen LogP contribution is -2.52. The minimum absolute atomic E-state index is 0.0848. The van der Waals surface area contributed by atoms with Crippen LogP contribution in [0.1, 0.15) is 31.7 Å². The lowest BCUT2D eigenvalue weighted by Gasteiger charge is -2.33. The number of benzene rings is 1. The summed E-state index contributed by atoms with van der Waals surface area (Å²) in [5.41, 5.74) is 2.41. The van der Waals surface area contributed by atoms with Gasteiger partial charge >= 0.3 is 6.18 Å². The standard InChI is InChI=1S/C13H16F3NO/c1-2-3-9-12(11(17)18,13(14,15)16)10-7-5-4-6-8-10/h4-8H,2-3,9H2,1H3,(H2,17,18). The minimum atomic E-state index is -4.69. The van der Waals surface area contributed by atoms with Gasteiger partial charge in [-0.05, 0) is 12.0 Å². The Balaban J connectivity index is 3.35. The van der Waals surface area contributed by atoms with Crippen molar-refractivity contribution in [2.24, 2.45) is 5.73 Å². The Bertz CT molecular complexity index is 402. The summed E-state index contributed by atoms with van der Waals surface area (Å²) < 4.78 is 40.0. The number of nitrogens with two attached hydrogens (primary N) is 1. The van der Waals surface area contributed by atoms with Crippen molar-refractivity contribution >= 4 is 5.91 Å². The van der Waals surface area contributed by atoms with Gasteiger partial charge in [0.2, 0.25) is 5.91 Å². The Morgan fingerprint density at radius 3 is 2.17 bits per heavy atom. The van der Waals surface area contributed by atoms with Crippen molar-refractivity contribution in [3.05, 3.63) is 35.9 Å². The van der Waals surface area contributed by atoms with Crippen molar-refractivity contribution < 1.29 is 18.0 Å². The Labute approximate surface area is 104 Å². The number of amides is 1. The highest BCUT2D eigenvalue weighted by molar-refractivity contribution is 5.87. The van der Waals surface area contributed by atoms with Gasteiger partial charge in [-0.1, -0.05) is 50.1 Å². The zero-order chi connectivity index (χ0) is 13.8. The van der Waals surface area contributed by atoms with Gasteiger partial charge in [-0.3, -0.25) is 4.79 Å². The molecule has 0 radical (unpaired) electrons. The van der Waals surface area contributed by atoms with E-state index >= 15 is 0 Å². The third-order valence-corrected chi connectivity index (χ3v) is 3.08. The third kappa shape index (κ3) is 2.49. The molecule has 1 aromatic rings. The molecular formula is C13H16F3NO. The van der Waals surface area contributed by atoms with Crippen LogP contribution in [-0.2, 0) is 10.2 Å². The molecule has 0 saturated heterocycles. The van der Waals surface area contributed by atoms with Crippen LogP contribution in [0.4, 0.5) is 13.2 Å². The van der Waals surface area contributed by atoms with Crippen molar-refractivity contribution in [1.29, 1.82) is 0 Å². The van der Waals surface area contributed by atoms with Crippen molar-refractivity contribution in [3.8, 4) is 0 Å². The van der Waals surface area contributed by atoms with Crippen LogP contribution in [0.25, 0.3) is 0 Å². The molecule has 0 heterocycles. The van der Waals surface area contributed by atoms with E-state index in [1.54, 1.807) is 13.0 Å². The molecule has 2 nitrogen and oxygen atoms in total. The topological polar surface area (TPSA) is 43.1 Å². The van der Waals surface area contributed by atoms with Crippen LogP contribution in [0, 0.1) is 0 Å². The summed E-state index contributed by atoms with van der Waals surface area (Å²) in [4.78, 5) is 11.5. The quantitative estimate of drug-likeness (QED) is 0.867. The fourth-order valence-electron chi connectivity index (χ4n) is 2.02. The van der Waals surface area contributed by atoms with Crippen molar-refractivity contribution in [2.45, 2.75) is 37.8 Å². The lowest BCUT2D eigenvalue weighted by atomic mass is 9.75. The number of carbonyl (C=O) groups excluding carboxylic acids is 1. The Morgan fingerprint density at radius 1 is 1.22 bits per heavy atom. The van der Waals surface area contributed by atoms with Crippen molar-refractivity contribution in [3.63, 3.8) is 0 Å². The number of rotatable bonds is 5.